The molecule has 0 radical (unpaired) electrons. The minimum Gasteiger partial charge on any atom is -0.497 e. The van der Waals surface area contributed by atoms with Gasteiger partial charge < -0.3 is 19.5 Å². The van der Waals surface area contributed by atoms with Crippen molar-refractivity contribution in [3.05, 3.63) is 53.6 Å². The van der Waals surface area contributed by atoms with Crippen molar-refractivity contribution < 1.29 is 19.0 Å². The molecule has 0 saturated heterocycles. The van der Waals surface area contributed by atoms with Crippen LogP contribution < -0.4 is 19.5 Å². The standard InChI is InChI=1S/C19H21NO4/c1-12(21)20-19-16-9-8-15(23-3)10-18(16)24-11-17(19)13-4-6-14(22-2)7-5-13/h4-10,17,19H,11H2,1-3H3,(H,20,21). The molecule has 2 aromatic carbocycles. The number of carbonyl (C=O) groups excluding carboxylic acids is 1. The lowest BCUT2D eigenvalue weighted by atomic mass is 9.85. The summed E-state index contributed by atoms with van der Waals surface area (Å²) >= 11 is 0. The van der Waals surface area contributed by atoms with E-state index in [0.29, 0.717) is 6.61 Å². The van der Waals surface area contributed by atoms with Gasteiger partial charge in [-0.15, -0.1) is 0 Å². The molecule has 1 N–H and O–H groups in total. The molecule has 0 aliphatic carbocycles. The second-order valence-corrected chi connectivity index (χ2v) is 5.77. The van der Waals surface area contributed by atoms with Gasteiger partial charge in [-0.1, -0.05) is 12.1 Å². The molecule has 1 heterocycles. The molecule has 2 atom stereocenters. The first kappa shape index (κ1) is 16.2. The maximum absolute atomic E-state index is 11.7. The second kappa shape index (κ2) is 6.83. The topological polar surface area (TPSA) is 56.8 Å². The van der Waals surface area contributed by atoms with Crippen LogP contribution in [0.1, 0.15) is 30.0 Å². The Kier molecular flexibility index (Phi) is 4.60. The number of rotatable bonds is 4. The van der Waals surface area contributed by atoms with Crippen molar-refractivity contribution in [2.24, 2.45) is 0 Å². The van der Waals surface area contributed by atoms with Gasteiger partial charge in [-0.3, -0.25) is 4.79 Å². The fourth-order valence-corrected chi connectivity index (χ4v) is 3.05. The number of hydrogen-bond donors (Lipinski definition) is 1. The lowest BCUT2D eigenvalue weighted by Crippen LogP contribution is -2.36. The monoisotopic (exact) mass is 327 g/mol. The summed E-state index contributed by atoms with van der Waals surface area (Å²) in [5, 5.41) is 3.06. The van der Waals surface area contributed by atoms with Gasteiger partial charge in [-0.25, -0.2) is 0 Å². The number of carbonyl (C=O) groups is 1. The summed E-state index contributed by atoms with van der Waals surface area (Å²) in [7, 11) is 3.26. The van der Waals surface area contributed by atoms with Crippen LogP contribution in [0.3, 0.4) is 0 Å². The molecular formula is C19H21NO4. The van der Waals surface area contributed by atoms with Gasteiger partial charge in [0.15, 0.2) is 0 Å². The first-order chi connectivity index (χ1) is 11.6. The van der Waals surface area contributed by atoms with Crippen molar-refractivity contribution in [2.75, 3.05) is 20.8 Å². The quantitative estimate of drug-likeness (QED) is 0.938. The molecule has 0 aromatic heterocycles. The first-order valence-electron chi connectivity index (χ1n) is 7.84. The summed E-state index contributed by atoms with van der Waals surface area (Å²) in [5.41, 5.74) is 2.05. The zero-order valence-electron chi connectivity index (χ0n) is 14.0. The van der Waals surface area contributed by atoms with Crippen LogP contribution in [-0.2, 0) is 4.79 Å². The molecule has 0 saturated carbocycles. The third kappa shape index (κ3) is 3.15. The largest absolute Gasteiger partial charge is 0.497 e. The van der Waals surface area contributed by atoms with E-state index in [2.05, 4.69) is 5.32 Å². The predicted molar refractivity (Wildman–Crippen MR) is 90.8 cm³/mol. The Morgan fingerprint density at radius 1 is 1.08 bits per heavy atom. The fraction of sp³-hybridized carbons (Fsp3) is 0.316. The highest BCUT2D eigenvalue weighted by atomic mass is 16.5. The molecule has 5 nitrogen and oxygen atoms in total. The molecule has 1 amide bonds. The van der Waals surface area contributed by atoms with Crippen LogP contribution >= 0.6 is 0 Å². The Balaban J connectivity index is 1.97. The molecule has 0 fully saturated rings. The highest BCUT2D eigenvalue weighted by molar-refractivity contribution is 5.74. The Morgan fingerprint density at radius 2 is 1.75 bits per heavy atom. The number of hydrogen-bond acceptors (Lipinski definition) is 4. The zero-order valence-corrected chi connectivity index (χ0v) is 14.0. The van der Waals surface area contributed by atoms with E-state index in [0.717, 1.165) is 28.4 Å². The van der Waals surface area contributed by atoms with Crippen molar-refractivity contribution >= 4 is 5.91 Å². The minimum absolute atomic E-state index is 0.0284. The molecule has 5 heteroatoms. The van der Waals surface area contributed by atoms with Crippen molar-refractivity contribution in [3.8, 4) is 17.2 Å². The van der Waals surface area contributed by atoms with Gasteiger partial charge in [0, 0.05) is 24.5 Å². The average Bonchev–Trinajstić information content (AvgIpc) is 2.61. The molecule has 126 valence electrons. The summed E-state index contributed by atoms with van der Waals surface area (Å²) in [5.74, 6) is 2.25. The number of ether oxygens (including phenoxy) is 3. The molecule has 3 rings (SSSR count). The molecule has 2 aromatic rings. The normalized spacial score (nSPS) is 19.0. The van der Waals surface area contributed by atoms with Crippen molar-refractivity contribution in [3.63, 3.8) is 0 Å². The zero-order chi connectivity index (χ0) is 17.1. The maximum atomic E-state index is 11.7. The van der Waals surface area contributed by atoms with Gasteiger partial charge in [0.2, 0.25) is 5.91 Å². The van der Waals surface area contributed by atoms with Crippen LogP contribution in [0.4, 0.5) is 0 Å². The number of amides is 1. The van der Waals surface area contributed by atoms with E-state index in [1.807, 2.05) is 42.5 Å². The number of benzene rings is 2. The van der Waals surface area contributed by atoms with Gasteiger partial charge in [0.05, 0.1) is 26.9 Å². The molecule has 24 heavy (non-hydrogen) atoms. The first-order valence-corrected chi connectivity index (χ1v) is 7.84. The summed E-state index contributed by atoms with van der Waals surface area (Å²) in [4.78, 5) is 11.7. The smallest absolute Gasteiger partial charge is 0.217 e. The van der Waals surface area contributed by atoms with E-state index in [-0.39, 0.29) is 17.9 Å². The summed E-state index contributed by atoms with van der Waals surface area (Å²) in [6.45, 7) is 2.02. The van der Waals surface area contributed by atoms with Crippen LogP contribution in [0.5, 0.6) is 17.2 Å². The molecule has 1 aliphatic heterocycles. The molecule has 0 bridgehead atoms. The Hall–Kier alpha value is -2.69. The number of nitrogens with one attached hydrogen (secondary N) is 1. The van der Waals surface area contributed by atoms with E-state index < -0.39 is 0 Å². The van der Waals surface area contributed by atoms with Crippen LogP contribution in [0.25, 0.3) is 0 Å². The number of methoxy groups -OCH3 is 2. The van der Waals surface area contributed by atoms with E-state index >= 15 is 0 Å². The second-order valence-electron chi connectivity index (χ2n) is 5.77. The van der Waals surface area contributed by atoms with Gasteiger partial charge in [0.25, 0.3) is 0 Å². The van der Waals surface area contributed by atoms with Gasteiger partial charge in [-0.05, 0) is 29.8 Å². The third-order valence-corrected chi connectivity index (χ3v) is 4.28. The van der Waals surface area contributed by atoms with Gasteiger partial charge >= 0.3 is 0 Å². The fourth-order valence-electron chi connectivity index (χ4n) is 3.05. The SMILES string of the molecule is COc1ccc(C2COc3cc(OC)ccc3C2NC(C)=O)cc1. The number of fused-ring (bicyclic) bond motifs is 1. The van der Waals surface area contributed by atoms with Crippen LogP contribution in [0.2, 0.25) is 0 Å². The average molecular weight is 327 g/mol. The Labute approximate surface area is 141 Å². The van der Waals surface area contributed by atoms with Crippen LogP contribution in [-0.4, -0.2) is 26.7 Å². The summed E-state index contributed by atoms with van der Waals surface area (Å²) < 4.78 is 16.4. The lowest BCUT2D eigenvalue weighted by molar-refractivity contribution is -0.120. The minimum atomic E-state index is -0.148. The van der Waals surface area contributed by atoms with Gasteiger partial charge in [-0.2, -0.15) is 0 Å². The van der Waals surface area contributed by atoms with E-state index in [1.54, 1.807) is 14.2 Å². The molecule has 2 unspecified atom stereocenters. The Morgan fingerprint density at radius 3 is 2.38 bits per heavy atom. The van der Waals surface area contributed by atoms with Crippen molar-refractivity contribution in [1.82, 2.24) is 5.32 Å². The molecular weight excluding hydrogens is 306 g/mol. The van der Waals surface area contributed by atoms with Crippen molar-refractivity contribution in [1.29, 1.82) is 0 Å². The van der Waals surface area contributed by atoms with Crippen LogP contribution in [0.15, 0.2) is 42.5 Å². The third-order valence-electron chi connectivity index (χ3n) is 4.28. The molecule has 1 aliphatic rings. The summed E-state index contributed by atoms with van der Waals surface area (Å²) in [6, 6.07) is 13.4. The highest BCUT2D eigenvalue weighted by Crippen LogP contribution is 2.42. The van der Waals surface area contributed by atoms with E-state index in [4.69, 9.17) is 14.2 Å². The summed E-state index contributed by atoms with van der Waals surface area (Å²) in [6.07, 6.45) is 0. The lowest BCUT2D eigenvalue weighted by Gasteiger charge is -2.34. The van der Waals surface area contributed by atoms with Gasteiger partial charge in [0.1, 0.15) is 17.2 Å². The van der Waals surface area contributed by atoms with Crippen molar-refractivity contribution in [2.45, 2.75) is 18.9 Å². The van der Waals surface area contributed by atoms with E-state index in [1.165, 1.54) is 6.92 Å². The predicted octanol–water partition coefficient (Wildman–Crippen LogP) is 3.06. The highest BCUT2D eigenvalue weighted by Gasteiger charge is 2.33. The maximum Gasteiger partial charge on any atom is 0.217 e. The van der Waals surface area contributed by atoms with Crippen LogP contribution in [0, 0.1) is 0 Å². The van der Waals surface area contributed by atoms with E-state index in [9.17, 15) is 4.79 Å². The Bertz CT molecular complexity index is 727. The molecule has 0 spiro atoms.